The average Bonchev–Trinajstić information content (AvgIpc) is 2.89. The third kappa shape index (κ3) is 7.72. The van der Waals surface area contributed by atoms with E-state index in [0.717, 1.165) is 4.31 Å². The second-order valence-corrected chi connectivity index (χ2v) is 12.0. The molecule has 1 unspecified atom stereocenters. The summed E-state index contributed by atoms with van der Waals surface area (Å²) in [7, 11) is -4.14. The highest BCUT2D eigenvalue weighted by atomic mass is 35.5. The maximum absolute atomic E-state index is 13.8. The number of carbonyl (C=O) groups is 2. The van der Waals surface area contributed by atoms with Crippen LogP contribution in [0.1, 0.15) is 26.3 Å². The molecule has 10 heteroatoms. The fourth-order valence-corrected chi connectivity index (χ4v) is 5.48. The number of nitrogens with zero attached hydrogens (tertiary/aromatic N) is 2. The molecular formula is C28H31Cl2N3O4S. The van der Waals surface area contributed by atoms with Crippen LogP contribution in [-0.2, 0) is 26.2 Å². The first kappa shape index (κ1) is 29.5. The van der Waals surface area contributed by atoms with Gasteiger partial charge in [0.25, 0.3) is 10.0 Å². The summed E-state index contributed by atoms with van der Waals surface area (Å²) in [5.74, 6) is -0.652. The van der Waals surface area contributed by atoms with Gasteiger partial charge in [-0.2, -0.15) is 0 Å². The van der Waals surface area contributed by atoms with Gasteiger partial charge in [0.2, 0.25) is 11.8 Å². The largest absolute Gasteiger partial charge is 0.354 e. The van der Waals surface area contributed by atoms with E-state index < -0.39 is 28.5 Å². The van der Waals surface area contributed by atoms with E-state index >= 15 is 0 Å². The Labute approximate surface area is 234 Å². The summed E-state index contributed by atoms with van der Waals surface area (Å²) in [6.45, 7) is 5.57. The molecule has 0 aliphatic heterocycles. The van der Waals surface area contributed by atoms with Gasteiger partial charge in [0, 0.05) is 23.1 Å². The minimum Gasteiger partial charge on any atom is -0.354 e. The second-order valence-electron chi connectivity index (χ2n) is 9.27. The van der Waals surface area contributed by atoms with Crippen molar-refractivity contribution in [2.75, 3.05) is 17.4 Å². The van der Waals surface area contributed by atoms with E-state index in [2.05, 4.69) is 5.32 Å². The van der Waals surface area contributed by atoms with Gasteiger partial charge >= 0.3 is 0 Å². The molecule has 0 bridgehead atoms. The van der Waals surface area contributed by atoms with Gasteiger partial charge in [-0.05, 0) is 66.9 Å². The van der Waals surface area contributed by atoms with E-state index in [9.17, 15) is 18.0 Å². The molecule has 0 fully saturated rings. The molecule has 1 N–H and O–H groups in total. The number of carbonyl (C=O) groups excluding carboxylic acids is 2. The van der Waals surface area contributed by atoms with Gasteiger partial charge in [0.15, 0.2) is 0 Å². The topological polar surface area (TPSA) is 86.8 Å². The Balaban J connectivity index is 1.98. The summed E-state index contributed by atoms with van der Waals surface area (Å²) >= 11 is 12.1. The van der Waals surface area contributed by atoms with E-state index in [4.69, 9.17) is 23.2 Å². The first-order valence-electron chi connectivity index (χ1n) is 12.1. The van der Waals surface area contributed by atoms with Crippen molar-refractivity contribution >= 4 is 50.7 Å². The van der Waals surface area contributed by atoms with Gasteiger partial charge in [-0.1, -0.05) is 67.4 Å². The molecule has 0 aliphatic carbocycles. The van der Waals surface area contributed by atoms with Crippen molar-refractivity contribution in [3.63, 3.8) is 0 Å². The highest BCUT2D eigenvalue weighted by molar-refractivity contribution is 7.92. The van der Waals surface area contributed by atoms with Crippen LogP contribution >= 0.6 is 23.2 Å². The third-order valence-corrected chi connectivity index (χ3v) is 8.09. The van der Waals surface area contributed by atoms with Crippen LogP contribution < -0.4 is 9.62 Å². The maximum Gasteiger partial charge on any atom is 0.264 e. The van der Waals surface area contributed by atoms with E-state index in [-0.39, 0.29) is 23.3 Å². The highest BCUT2D eigenvalue weighted by Gasteiger charge is 2.32. The standard InChI is InChI=1S/C28H31Cl2N3O4S/c1-20(2)17-31-28(35)21(3)32(18-22-8-7-9-24(30)16-22)27(34)19-33(25-10-5-4-6-11-25)38(36,37)26-14-12-23(29)13-15-26/h4-16,20-21H,17-19H2,1-3H3,(H,31,35). The Hall–Kier alpha value is -3.07. The normalized spacial score (nSPS) is 12.2. The fraction of sp³-hybridized carbons (Fsp3) is 0.286. The zero-order valence-corrected chi connectivity index (χ0v) is 23.8. The van der Waals surface area contributed by atoms with Crippen molar-refractivity contribution in [2.24, 2.45) is 5.92 Å². The van der Waals surface area contributed by atoms with Gasteiger partial charge < -0.3 is 10.2 Å². The molecule has 38 heavy (non-hydrogen) atoms. The van der Waals surface area contributed by atoms with Crippen molar-refractivity contribution < 1.29 is 18.0 Å². The lowest BCUT2D eigenvalue weighted by Crippen LogP contribution is -2.51. The summed E-state index contributed by atoms with van der Waals surface area (Å²) in [6, 6.07) is 20.2. The number of hydrogen-bond acceptors (Lipinski definition) is 4. The SMILES string of the molecule is CC(C)CNC(=O)C(C)N(Cc1cccc(Cl)c1)C(=O)CN(c1ccccc1)S(=O)(=O)c1ccc(Cl)cc1. The fourth-order valence-electron chi connectivity index (χ4n) is 3.72. The summed E-state index contributed by atoms with van der Waals surface area (Å²) in [5, 5.41) is 3.74. The van der Waals surface area contributed by atoms with Gasteiger partial charge in [0.1, 0.15) is 12.6 Å². The van der Waals surface area contributed by atoms with Crippen molar-refractivity contribution in [1.82, 2.24) is 10.2 Å². The Morgan fingerprint density at radius 3 is 2.13 bits per heavy atom. The molecule has 3 aromatic carbocycles. The van der Waals surface area contributed by atoms with Gasteiger partial charge in [-0.3, -0.25) is 13.9 Å². The highest BCUT2D eigenvalue weighted by Crippen LogP contribution is 2.25. The molecule has 0 spiro atoms. The van der Waals surface area contributed by atoms with E-state index in [1.54, 1.807) is 61.5 Å². The van der Waals surface area contributed by atoms with Crippen LogP contribution in [0.25, 0.3) is 0 Å². The number of benzene rings is 3. The molecule has 7 nitrogen and oxygen atoms in total. The van der Waals surface area contributed by atoms with Crippen LogP contribution in [0.4, 0.5) is 5.69 Å². The second kappa shape index (κ2) is 13.1. The number of rotatable bonds is 11. The Morgan fingerprint density at radius 1 is 0.868 bits per heavy atom. The van der Waals surface area contributed by atoms with E-state index in [1.165, 1.54) is 29.2 Å². The lowest BCUT2D eigenvalue weighted by atomic mass is 10.1. The molecular weight excluding hydrogens is 545 g/mol. The zero-order chi connectivity index (χ0) is 27.9. The first-order valence-corrected chi connectivity index (χ1v) is 14.3. The van der Waals surface area contributed by atoms with E-state index in [0.29, 0.717) is 27.8 Å². The molecule has 0 saturated carbocycles. The summed E-state index contributed by atoms with van der Waals surface area (Å²) in [5.41, 5.74) is 1.02. The third-order valence-electron chi connectivity index (χ3n) is 5.82. The summed E-state index contributed by atoms with van der Waals surface area (Å²) in [4.78, 5) is 28.2. The average molecular weight is 577 g/mol. The molecule has 0 aromatic heterocycles. The van der Waals surface area contributed by atoms with Crippen molar-refractivity contribution in [1.29, 1.82) is 0 Å². The monoisotopic (exact) mass is 575 g/mol. The molecule has 0 radical (unpaired) electrons. The van der Waals surface area contributed by atoms with Gasteiger partial charge in [-0.15, -0.1) is 0 Å². The first-order chi connectivity index (χ1) is 18.0. The minimum atomic E-state index is -4.14. The number of anilines is 1. The van der Waals surface area contributed by atoms with Crippen LogP contribution in [0.15, 0.2) is 83.8 Å². The predicted molar refractivity (Wildman–Crippen MR) is 152 cm³/mol. The zero-order valence-electron chi connectivity index (χ0n) is 21.5. The Bertz CT molecular complexity index is 1350. The minimum absolute atomic E-state index is 0.0114. The molecule has 202 valence electrons. The van der Waals surface area contributed by atoms with Gasteiger partial charge in [0.05, 0.1) is 10.6 Å². The van der Waals surface area contributed by atoms with Crippen molar-refractivity contribution in [3.8, 4) is 0 Å². The number of para-hydroxylation sites is 1. The Morgan fingerprint density at radius 2 is 1.53 bits per heavy atom. The van der Waals surface area contributed by atoms with Crippen LogP contribution in [0, 0.1) is 5.92 Å². The van der Waals surface area contributed by atoms with Crippen molar-refractivity contribution in [2.45, 2.75) is 38.3 Å². The lowest BCUT2D eigenvalue weighted by Gasteiger charge is -2.32. The molecule has 3 aromatic rings. The van der Waals surface area contributed by atoms with Crippen molar-refractivity contribution in [3.05, 3.63) is 94.5 Å². The van der Waals surface area contributed by atoms with Crippen LogP contribution in [0.5, 0.6) is 0 Å². The number of hydrogen-bond donors (Lipinski definition) is 1. The maximum atomic E-state index is 13.8. The molecule has 0 saturated heterocycles. The smallest absolute Gasteiger partial charge is 0.264 e. The number of sulfonamides is 1. The molecule has 0 heterocycles. The summed E-state index contributed by atoms with van der Waals surface area (Å²) < 4.78 is 28.4. The Kier molecular flexibility index (Phi) is 10.2. The van der Waals surface area contributed by atoms with Crippen LogP contribution in [-0.4, -0.2) is 44.3 Å². The molecule has 2 amide bonds. The quantitative estimate of drug-likeness (QED) is 0.332. The van der Waals surface area contributed by atoms with Crippen LogP contribution in [0.3, 0.4) is 0 Å². The molecule has 1 atom stereocenters. The summed E-state index contributed by atoms with van der Waals surface area (Å²) in [6.07, 6.45) is 0. The lowest BCUT2D eigenvalue weighted by molar-refractivity contribution is -0.139. The predicted octanol–water partition coefficient (Wildman–Crippen LogP) is 5.38. The number of amides is 2. The van der Waals surface area contributed by atoms with Crippen LogP contribution in [0.2, 0.25) is 10.0 Å². The number of halogens is 2. The molecule has 0 aliphatic rings. The molecule has 3 rings (SSSR count). The van der Waals surface area contributed by atoms with Gasteiger partial charge in [-0.25, -0.2) is 8.42 Å². The van der Waals surface area contributed by atoms with E-state index in [1.807, 2.05) is 13.8 Å². The number of nitrogens with one attached hydrogen (secondary N) is 1.